The molecule has 1 heterocycles. The number of nitrogens with one attached hydrogen (secondary N) is 1. The molecule has 4 nitrogen and oxygen atoms in total. The standard InChI is InChI=1S/C18H25N3O/c1-17(2,3)16(22)19-15-12-14(13-10-8-7-9-11-13)20-21(15)18(4,5)6/h7-12H,1-6H3,(H,19,22). The van der Waals surface area contributed by atoms with Gasteiger partial charge in [0.15, 0.2) is 0 Å². The second kappa shape index (κ2) is 5.59. The van der Waals surface area contributed by atoms with Gasteiger partial charge in [-0.1, -0.05) is 51.1 Å². The Morgan fingerprint density at radius 2 is 1.64 bits per heavy atom. The molecular formula is C18H25N3O. The molecule has 0 aliphatic heterocycles. The van der Waals surface area contributed by atoms with Gasteiger partial charge in [0.05, 0.1) is 11.2 Å². The Bertz CT molecular complexity index is 658. The van der Waals surface area contributed by atoms with E-state index in [1.807, 2.05) is 61.9 Å². The summed E-state index contributed by atoms with van der Waals surface area (Å²) < 4.78 is 1.87. The smallest absolute Gasteiger partial charge is 0.230 e. The van der Waals surface area contributed by atoms with Crippen molar-refractivity contribution in [2.24, 2.45) is 5.41 Å². The molecular weight excluding hydrogens is 274 g/mol. The highest BCUT2D eigenvalue weighted by molar-refractivity contribution is 5.94. The number of nitrogens with zero attached hydrogens (tertiary/aromatic N) is 2. The normalized spacial score (nSPS) is 12.3. The summed E-state index contributed by atoms with van der Waals surface area (Å²) in [4.78, 5) is 12.3. The molecule has 1 aromatic carbocycles. The molecule has 0 saturated heterocycles. The topological polar surface area (TPSA) is 46.9 Å². The fourth-order valence-electron chi connectivity index (χ4n) is 2.04. The maximum Gasteiger partial charge on any atom is 0.230 e. The largest absolute Gasteiger partial charge is 0.310 e. The van der Waals surface area contributed by atoms with Crippen LogP contribution in [0, 0.1) is 5.41 Å². The van der Waals surface area contributed by atoms with E-state index in [2.05, 4.69) is 31.2 Å². The number of hydrogen-bond donors (Lipinski definition) is 1. The van der Waals surface area contributed by atoms with Crippen LogP contribution in [0.15, 0.2) is 36.4 Å². The molecule has 0 radical (unpaired) electrons. The number of carbonyl (C=O) groups is 1. The van der Waals surface area contributed by atoms with E-state index < -0.39 is 5.41 Å². The lowest BCUT2D eigenvalue weighted by Gasteiger charge is -2.24. The van der Waals surface area contributed by atoms with Gasteiger partial charge in [0.2, 0.25) is 5.91 Å². The van der Waals surface area contributed by atoms with Gasteiger partial charge in [-0.3, -0.25) is 4.79 Å². The van der Waals surface area contributed by atoms with Crippen LogP contribution >= 0.6 is 0 Å². The maximum absolute atomic E-state index is 12.3. The summed E-state index contributed by atoms with van der Waals surface area (Å²) in [5.74, 6) is 0.712. The quantitative estimate of drug-likeness (QED) is 0.899. The SMILES string of the molecule is CC(C)(C)C(=O)Nc1cc(-c2ccccc2)nn1C(C)(C)C. The van der Waals surface area contributed by atoms with Gasteiger partial charge in [-0.05, 0) is 20.8 Å². The predicted octanol–water partition coefficient (Wildman–Crippen LogP) is 4.29. The van der Waals surface area contributed by atoms with Gasteiger partial charge in [-0.25, -0.2) is 4.68 Å². The third kappa shape index (κ3) is 3.56. The fraction of sp³-hybridized carbons (Fsp3) is 0.444. The zero-order valence-electron chi connectivity index (χ0n) is 14.3. The van der Waals surface area contributed by atoms with Crippen LogP contribution in [0.5, 0.6) is 0 Å². The van der Waals surface area contributed by atoms with Crippen molar-refractivity contribution < 1.29 is 4.79 Å². The summed E-state index contributed by atoms with van der Waals surface area (Å²) in [6.45, 7) is 11.9. The number of anilines is 1. The first-order valence-corrected chi connectivity index (χ1v) is 7.56. The highest BCUT2D eigenvalue weighted by Gasteiger charge is 2.26. The summed E-state index contributed by atoms with van der Waals surface area (Å²) in [5.41, 5.74) is 1.24. The van der Waals surface area contributed by atoms with Gasteiger partial charge < -0.3 is 5.32 Å². The molecule has 1 aromatic heterocycles. The number of carbonyl (C=O) groups excluding carboxylic acids is 1. The summed E-state index contributed by atoms with van der Waals surface area (Å²) in [6, 6.07) is 11.9. The predicted molar refractivity (Wildman–Crippen MR) is 90.7 cm³/mol. The first-order chi connectivity index (χ1) is 10.1. The number of rotatable bonds is 2. The van der Waals surface area contributed by atoms with Crippen molar-refractivity contribution in [3.8, 4) is 11.3 Å². The molecule has 0 aliphatic carbocycles. The second-order valence-corrected chi connectivity index (χ2v) is 7.57. The number of amides is 1. The van der Waals surface area contributed by atoms with E-state index >= 15 is 0 Å². The first-order valence-electron chi connectivity index (χ1n) is 7.56. The van der Waals surface area contributed by atoms with E-state index in [4.69, 9.17) is 0 Å². The second-order valence-electron chi connectivity index (χ2n) is 7.57. The molecule has 0 spiro atoms. The van der Waals surface area contributed by atoms with Crippen molar-refractivity contribution in [2.45, 2.75) is 47.1 Å². The minimum Gasteiger partial charge on any atom is -0.310 e. The van der Waals surface area contributed by atoms with Crippen molar-refractivity contribution >= 4 is 11.7 Å². The van der Waals surface area contributed by atoms with Crippen LogP contribution in [0.1, 0.15) is 41.5 Å². The van der Waals surface area contributed by atoms with E-state index in [0.29, 0.717) is 0 Å². The molecule has 2 aromatic rings. The molecule has 4 heteroatoms. The molecule has 1 N–H and O–H groups in total. The highest BCUT2D eigenvalue weighted by Crippen LogP contribution is 2.28. The van der Waals surface area contributed by atoms with Gasteiger partial charge in [0.1, 0.15) is 5.82 Å². The zero-order chi connectivity index (χ0) is 16.5. The summed E-state index contributed by atoms with van der Waals surface area (Å²) in [5, 5.41) is 7.70. The average Bonchev–Trinajstić information content (AvgIpc) is 2.82. The highest BCUT2D eigenvalue weighted by atomic mass is 16.2. The summed E-state index contributed by atoms with van der Waals surface area (Å²) in [6.07, 6.45) is 0. The zero-order valence-corrected chi connectivity index (χ0v) is 14.3. The molecule has 0 saturated carbocycles. The lowest BCUT2D eigenvalue weighted by Crippen LogP contribution is -2.31. The molecule has 0 bridgehead atoms. The lowest BCUT2D eigenvalue weighted by atomic mass is 9.96. The lowest BCUT2D eigenvalue weighted by molar-refractivity contribution is -0.123. The van der Waals surface area contributed by atoms with E-state index in [0.717, 1.165) is 17.1 Å². The van der Waals surface area contributed by atoms with Gasteiger partial charge in [-0.2, -0.15) is 5.10 Å². The van der Waals surface area contributed by atoms with E-state index in [1.54, 1.807) is 0 Å². The Balaban J connectivity index is 2.44. The molecule has 118 valence electrons. The number of aromatic nitrogens is 2. The Labute approximate surface area is 132 Å². The van der Waals surface area contributed by atoms with Crippen LogP contribution in [0.4, 0.5) is 5.82 Å². The van der Waals surface area contributed by atoms with Gasteiger partial charge >= 0.3 is 0 Å². The molecule has 0 aliphatic rings. The Kier molecular flexibility index (Phi) is 4.14. The van der Waals surface area contributed by atoms with Crippen molar-refractivity contribution in [3.05, 3.63) is 36.4 Å². The van der Waals surface area contributed by atoms with Crippen LogP contribution < -0.4 is 5.32 Å². The van der Waals surface area contributed by atoms with Crippen molar-refractivity contribution in [1.29, 1.82) is 0 Å². The van der Waals surface area contributed by atoms with Crippen LogP contribution in [0.3, 0.4) is 0 Å². The molecule has 0 atom stereocenters. The molecule has 22 heavy (non-hydrogen) atoms. The van der Waals surface area contributed by atoms with E-state index in [-0.39, 0.29) is 11.4 Å². The Hall–Kier alpha value is -2.10. The van der Waals surface area contributed by atoms with Crippen LogP contribution in [0.2, 0.25) is 0 Å². The molecule has 0 fully saturated rings. The maximum atomic E-state index is 12.3. The Morgan fingerprint density at radius 3 is 2.14 bits per heavy atom. The van der Waals surface area contributed by atoms with E-state index in [9.17, 15) is 4.79 Å². The first kappa shape index (κ1) is 16.3. The van der Waals surface area contributed by atoms with Gasteiger partial charge in [0.25, 0.3) is 0 Å². The van der Waals surface area contributed by atoms with Crippen molar-refractivity contribution in [3.63, 3.8) is 0 Å². The van der Waals surface area contributed by atoms with Crippen LogP contribution in [-0.2, 0) is 10.3 Å². The average molecular weight is 299 g/mol. The third-order valence-electron chi connectivity index (χ3n) is 3.34. The van der Waals surface area contributed by atoms with Gasteiger partial charge in [0, 0.05) is 17.0 Å². The van der Waals surface area contributed by atoms with E-state index in [1.165, 1.54) is 0 Å². The number of hydrogen-bond acceptors (Lipinski definition) is 2. The third-order valence-corrected chi connectivity index (χ3v) is 3.34. The monoisotopic (exact) mass is 299 g/mol. The Morgan fingerprint density at radius 1 is 1.05 bits per heavy atom. The van der Waals surface area contributed by atoms with Gasteiger partial charge in [-0.15, -0.1) is 0 Å². The minimum atomic E-state index is -0.445. The van der Waals surface area contributed by atoms with Crippen molar-refractivity contribution in [2.75, 3.05) is 5.32 Å². The molecule has 1 amide bonds. The minimum absolute atomic E-state index is 0.0162. The van der Waals surface area contributed by atoms with Crippen molar-refractivity contribution in [1.82, 2.24) is 9.78 Å². The summed E-state index contributed by atoms with van der Waals surface area (Å²) in [7, 11) is 0. The molecule has 2 rings (SSSR count). The fourth-order valence-corrected chi connectivity index (χ4v) is 2.04. The summed E-state index contributed by atoms with van der Waals surface area (Å²) >= 11 is 0. The van der Waals surface area contributed by atoms with Crippen LogP contribution in [-0.4, -0.2) is 15.7 Å². The molecule has 0 unspecified atom stereocenters. The van der Waals surface area contributed by atoms with Crippen LogP contribution in [0.25, 0.3) is 11.3 Å². The number of benzene rings is 1.